The van der Waals surface area contributed by atoms with Crippen molar-refractivity contribution < 1.29 is 4.79 Å². The lowest BCUT2D eigenvalue weighted by molar-refractivity contribution is 0.215. The molecule has 2 fully saturated rings. The summed E-state index contributed by atoms with van der Waals surface area (Å²) < 4.78 is 0. The molecule has 148 valence electrons. The highest BCUT2D eigenvalue weighted by atomic mass is 35.5. The number of urea groups is 1. The molecule has 2 aliphatic carbocycles. The second-order valence-electron chi connectivity index (χ2n) is 8.36. The molecule has 28 heavy (non-hydrogen) atoms. The zero-order valence-corrected chi connectivity index (χ0v) is 17.0. The molecule has 4 rings (SSSR count). The maximum atomic E-state index is 12.5. The highest BCUT2D eigenvalue weighted by Crippen LogP contribution is 2.37. The Morgan fingerprint density at radius 2 is 1.71 bits per heavy atom. The summed E-state index contributed by atoms with van der Waals surface area (Å²) in [6.07, 6.45) is 7.80. The van der Waals surface area contributed by atoms with Crippen molar-refractivity contribution in [3.63, 3.8) is 0 Å². The average molecular weight is 397 g/mol. The number of halogens is 1. The minimum absolute atomic E-state index is 0.0103. The summed E-state index contributed by atoms with van der Waals surface area (Å²) >= 11 is 5.96. The molecule has 0 radical (unpaired) electrons. The van der Waals surface area contributed by atoms with Crippen LogP contribution in [0.3, 0.4) is 0 Å². The summed E-state index contributed by atoms with van der Waals surface area (Å²) in [5.41, 5.74) is 2.71. The van der Waals surface area contributed by atoms with Crippen LogP contribution in [0.2, 0.25) is 5.02 Å². The normalized spacial score (nSPS) is 26.5. The Hall–Kier alpha value is -2.00. The summed E-state index contributed by atoms with van der Waals surface area (Å²) in [5, 5.41) is 7.21. The Balaban J connectivity index is 1.20. The molecule has 0 bridgehead atoms. The highest BCUT2D eigenvalue weighted by Gasteiger charge is 2.33. The second kappa shape index (κ2) is 9.00. The lowest BCUT2D eigenvalue weighted by Crippen LogP contribution is -2.50. The van der Waals surface area contributed by atoms with Gasteiger partial charge >= 0.3 is 6.03 Å². The fourth-order valence-corrected chi connectivity index (χ4v) is 4.83. The average Bonchev–Trinajstić information content (AvgIpc) is 3.11. The van der Waals surface area contributed by atoms with Crippen molar-refractivity contribution in [2.45, 2.75) is 62.9 Å². The van der Waals surface area contributed by atoms with Crippen molar-refractivity contribution in [2.75, 3.05) is 0 Å². The van der Waals surface area contributed by atoms with E-state index in [1.807, 2.05) is 12.1 Å². The maximum Gasteiger partial charge on any atom is 0.315 e. The van der Waals surface area contributed by atoms with Crippen LogP contribution in [0.25, 0.3) is 0 Å². The molecule has 2 saturated carbocycles. The van der Waals surface area contributed by atoms with E-state index in [9.17, 15) is 4.79 Å². The number of amides is 2. The summed E-state index contributed by atoms with van der Waals surface area (Å²) in [7, 11) is 0. The quantitative estimate of drug-likeness (QED) is 0.647. The van der Waals surface area contributed by atoms with Gasteiger partial charge in [0.15, 0.2) is 0 Å². The van der Waals surface area contributed by atoms with Gasteiger partial charge in [-0.1, -0.05) is 60.5 Å². The molecular formula is C24H29ClN2O. The van der Waals surface area contributed by atoms with Crippen LogP contribution in [-0.2, 0) is 6.42 Å². The molecule has 2 amide bonds. The number of nitrogens with one attached hydrogen (secondary N) is 2. The van der Waals surface area contributed by atoms with Gasteiger partial charge in [-0.3, -0.25) is 0 Å². The fourth-order valence-electron chi connectivity index (χ4n) is 4.71. The third-order valence-electron chi connectivity index (χ3n) is 6.44. The SMILES string of the molecule is O=C(NC1CC(c2ccc(Cl)cc2)C1)NC1CCCC1CCc1ccccc1. The Bertz CT molecular complexity index is 771. The molecular weight excluding hydrogens is 368 g/mol. The smallest absolute Gasteiger partial charge is 0.315 e. The van der Waals surface area contributed by atoms with Crippen LogP contribution in [0.15, 0.2) is 54.6 Å². The number of carbonyl (C=O) groups excluding carboxylic acids is 1. The highest BCUT2D eigenvalue weighted by molar-refractivity contribution is 6.30. The Labute approximate surface area is 172 Å². The number of aryl methyl sites for hydroxylation is 1. The minimum Gasteiger partial charge on any atom is -0.335 e. The van der Waals surface area contributed by atoms with Crippen LogP contribution >= 0.6 is 11.6 Å². The molecule has 2 unspecified atom stereocenters. The molecule has 2 atom stereocenters. The van der Waals surface area contributed by atoms with Gasteiger partial charge in [-0.25, -0.2) is 4.79 Å². The van der Waals surface area contributed by atoms with E-state index in [-0.39, 0.29) is 12.1 Å². The number of carbonyl (C=O) groups is 1. The molecule has 2 N–H and O–H groups in total. The second-order valence-corrected chi connectivity index (χ2v) is 8.79. The summed E-state index contributed by atoms with van der Waals surface area (Å²) in [6, 6.07) is 19.3. The molecule has 4 heteroatoms. The topological polar surface area (TPSA) is 41.1 Å². The van der Waals surface area contributed by atoms with Gasteiger partial charge < -0.3 is 10.6 Å². The minimum atomic E-state index is 0.0103. The molecule has 0 aliphatic heterocycles. The molecule has 0 saturated heterocycles. The first-order valence-corrected chi connectivity index (χ1v) is 10.9. The van der Waals surface area contributed by atoms with Crippen LogP contribution in [0.5, 0.6) is 0 Å². The van der Waals surface area contributed by atoms with E-state index in [2.05, 4.69) is 53.1 Å². The van der Waals surface area contributed by atoms with Crippen molar-refractivity contribution in [3.8, 4) is 0 Å². The third kappa shape index (κ3) is 4.88. The van der Waals surface area contributed by atoms with Gasteiger partial charge in [-0.05, 0) is 73.6 Å². The molecule has 2 aromatic carbocycles. The Kier molecular flexibility index (Phi) is 6.21. The van der Waals surface area contributed by atoms with Gasteiger partial charge in [0.25, 0.3) is 0 Å². The van der Waals surface area contributed by atoms with E-state index >= 15 is 0 Å². The van der Waals surface area contributed by atoms with Gasteiger partial charge in [0.05, 0.1) is 0 Å². The lowest BCUT2D eigenvalue weighted by Gasteiger charge is -2.36. The first-order valence-electron chi connectivity index (χ1n) is 10.5. The van der Waals surface area contributed by atoms with Crippen LogP contribution < -0.4 is 10.6 Å². The fraction of sp³-hybridized carbons (Fsp3) is 0.458. The first-order chi connectivity index (χ1) is 13.7. The first kappa shape index (κ1) is 19.3. The molecule has 0 heterocycles. The van der Waals surface area contributed by atoms with Crippen LogP contribution in [-0.4, -0.2) is 18.1 Å². The molecule has 3 nitrogen and oxygen atoms in total. The van der Waals surface area contributed by atoms with Gasteiger partial charge in [0.2, 0.25) is 0 Å². The summed E-state index contributed by atoms with van der Waals surface area (Å²) in [4.78, 5) is 12.5. The van der Waals surface area contributed by atoms with Gasteiger partial charge in [-0.15, -0.1) is 0 Å². The molecule has 0 spiro atoms. The van der Waals surface area contributed by atoms with E-state index in [0.29, 0.717) is 17.9 Å². The van der Waals surface area contributed by atoms with Crippen molar-refractivity contribution in [1.82, 2.24) is 10.6 Å². The maximum absolute atomic E-state index is 12.5. The van der Waals surface area contributed by atoms with Gasteiger partial charge in [-0.2, -0.15) is 0 Å². The zero-order chi connectivity index (χ0) is 19.3. The third-order valence-corrected chi connectivity index (χ3v) is 6.69. The molecule has 2 aromatic rings. The number of hydrogen-bond acceptors (Lipinski definition) is 1. The predicted molar refractivity (Wildman–Crippen MR) is 115 cm³/mol. The lowest BCUT2D eigenvalue weighted by atomic mass is 9.76. The van der Waals surface area contributed by atoms with Gasteiger partial charge in [0.1, 0.15) is 0 Å². The van der Waals surface area contributed by atoms with Crippen molar-refractivity contribution in [2.24, 2.45) is 5.92 Å². The standard InChI is InChI=1S/C24H29ClN2O/c25-21-13-11-18(12-14-21)20-15-22(16-20)26-24(28)27-23-8-4-7-19(23)10-9-17-5-2-1-3-6-17/h1-3,5-6,11-14,19-20,22-23H,4,7-10,15-16H2,(H2,26,27,28). The number of rotatable bonds is 6. The summed E-state index contributed by atoms with van der Waals surface area (Å²) in [5.74, 6) is 1.13. The van der Waals surface area contributed by atoms with E-state index < -0.39 is 0 Å². The van der Waals surface area contributed by atoms with Crippen LogP contribution in [0, 0.1) is 5.92 Å². The van der Waals surface area contributed by atoms with Crippen LogP contribution in [0.1, 0.15) is 55.6 Å². The zero-order valence-electron chi connectivity index (χ0n) is 16.2. The number of benzene rings is 2. The van der Waals surface area contributed by atoms with Crippen molar-refractivity contribution >= 4 is 17.6 Å². The molecule has 0 aromatic heterocycles. The predicted octanol–water partition coefficient (Wildman–Crippen LogP) is 5.69. The Morgan fingerprint density at radius 1 is 0.964 bits per heavy atom. The van der Waals surface area contributed by atoms with E-state index in [0.717, 1.165) is 37.1 Å². The largest absolute Gasteiger partial charge is 0.335 e. The van der Waals surface area contributed by atoms with Crippen molar-refractivity contribution in [3.05, 3.63) is 70.7 Å². The van der Waals surface area contributed by atoms with Crippen molar-refractivity contribution in [1.29, 1.82) is 0 Å². The monoisotopic (exact) mass is 396 g/mol. The van der Waals surface area contributed by atoms with E-state index in [1.54, 1.807) is 0 Å². The molecule has 2 aliphatic rings. The van der Waals surface area contributed by atoms with E-state index in [4.69, 9.17) is 11.6 Å². The summed E-state index contributed by atoms with van der Waals surface area (Å²) in [6.45, 7) is 0. The van der Waals surface area contributed by atoms with Gasteiger partial charge in [0, 0.05) is 17.1 Å². The van der Waals surface area contributed by atoms with E-state index in [1.165, 1.54) is 24.0 Å². The van der Waals surface area contributed by atoms with Crippen LogP contribution in [0.4, 0.5) is 4.79 Å². The Morgan fingerprint density at radius 3 is 2.46 bits per heavy atom. The number of hydrogen-bond donors (Lipinski definition) is 2.